The van der Waals surface area contributed by atoms with Gasteiger partial charge in [-0.3, -0.25) is 0 Å². The van der Waals surface area contributed by atoms with E-state index in [2.05, 4.69) is 19.9 Å². The summed E-state index contributed by atoms with van der Waals surface area (Å²) in [4.78, 5) is 29.1. The molecule has 0 bridgehead atoms. The summed E-state index contributed by atoms with van der Waals surface area (Å²) in [5.74, 6) is 0.914. The Balaban J connectivity index is 1.56. The molecule has 0 saturated heterocycles. The third kappa shape index (κ3) is 5.57. The zero-order valence-electron chi connectivity index (χ0n) is 18.1. The average molecular weight is 479 g/mol. The maximum absolute atomic E-state index is 12.1. The van der Waals surface area contributed by atoms with Gasteiger partial charge in [0.05, 0.1) is 12.7 Å². The summed E-state index contributed by atoms with van der Waals surface area (Å²) in [5, 5.41) is -0.0142. The third-order valence-electron chi connectivity index (χ3n) is 4.40. The standard InChI is InChI=1S/C24H19ClN4O5/c1-31-17-10-5-6-11-18(17)34-19-20(25)28-22(21-26-12-7-13-27-21)29-23(19)32-14-15-33-24(30)16-8-3-2-4-9-16/h2-13H,14-15H2,1H3. The van der Waals surface area contributed by atoms with E-state index in [9.17, 15) is 4.79 Å². The Bertz CT molecular complexity index is 1260. The Hall–Kier alpha value is -4.24. The van der Waals surface area contributed by atoms with Crippen LogP contribution in [0.1, 0.15) is 10.4 Å². The minimum absolute atomic E-state index is 0.0106. The number of carbonyl (C=O) groups excluding carboxylic acids is 1. The fraction of sp³-hybridized carbons (Fsp3) is 0.125. The predicted molar refractivity (Wildman–Crippen MR) is 123 cm³/mol. The number of hydrogen-bond acceptors (Lipinski definition) is 9. The van der Waals surface area contributed by atoms with Crippen LogP contribution in [0.15, 0.2) is 73.1 Å². The molecule has 2 heterocycles. The van der Waals surface area contributed by atoms with Crippen molar-refractivity contribution >= 4 is 17.6 Å². The van der Waals surface area contributed by atoms with Crippen LogP contribution in [0.2, 0.25) is 5.15 Å². The first-order valence-electron chi connectivity index (χ1n) is 10.2. The van der Waals surface area contributed by atoms with Crippen molar-refractivity contribution in [2.24, 2.45) is 0 Å². The first-order chi connectivity index (χ1) is 16.7. The number of hydrogen-bond donors (Lipinski definition) is 0. The van der Waals surface area contributed by atoms with Gasteiger partial charge >= 0.3 is 5.97 Å². The number of para-hydroxylation sites is 2. The molecule has 172 valence electrons. The van der Waals surface area contributed by atoms with Crippen LogP contribution in [-0.2, 0) is 4.74 Å². The van der Waals surface area contributed by atoms with E-state index in [4.69, 9.17) is 30.5 Å². The number of benzene rings is 2. The Morgan fingerprint density at radius 3 is 2.29 bits per heavy atom. The van der Waals surface area contributed by atoms with Gasteiger partial charge in [0, 0.05) is 12.4 Å². The molecule has 2 aromatic heterocycles. The summed E-state index contributed by atoms with van der Waals surface area (Å²) in [7, 11) is 1.52. The van der Waals surface area contributed by atoms with Crippen LogP contribution in [0.3, 0.4) is 0 Å². The Kier molecular flexibility index (Phi) is 7.46. The molecule has 34 heavy (non-hydrogen) atoms. The maximum atomic E-state index is 12.1. The highest BCUT2D eigenvalue weighted by molar-refractivity contribution is 6.31. The second kappa shape index (κ2) is 11.1. The van der Waals surface area contributed by atoms with E-state index in [1.807, 2.05) is 6.07 Å². The number of rotatable bonds is 9. The highest BCUT2D eigenvalue weighted by atomic mass is 35.5. The number of ether oxygens (including phenoxy) is 4. The maximum Gasteiger partial charge on any atom is 0.338 e. The smallest absolute Gasteiger partial charge is 0.338 e. The van der Waals surface area contributed by atoms with E-state index < -0.39 is 5.97 Å². The van der Waals surface area contributed by atoms with Gasteiger partial charge in [0.25, 0.3) is 5.88 Å². The van der Waals surface area contributed by atoms with E-state index >= 15 is 0 Å². The topological polar surface area (TPSA) is 106 Å². The van der Waals surface area contributed by atoms with Crippen molar-refractivity contribution in [1.82, 2.24) is 19.9 Å². The normalized spacial score (nSPS) is 10.4. The lowest BCUT2D eigenvalue weighted by Gasteiger charge is -2.15. The van der Waals surface area contributed by atoms with Crippen molar-refractivity contribution in [3.63, 3.8) is 0 Å². The van der Waals surface area contributed by atoms with Gasteiger partial charge in [-0.05, 0) is 30.3 Å². The van der Waals surface area contributed by atoms with E-state index in [0.717, 1.165) is 0 Å². The largest absolute Gasteiger partial charge is 0.493 e. The number of esters is 1. The molecule has 0 amide bonds. The molecule has 0 fully saturated rings. The lowest BCUT2D eigenvalue weighted by Crippen LogP contribution is -2.13. The van der Waals surface area contributed by atoms with Gasteiger partial charge in [-0.1, -0.05) is 41.9 Å². The van der Waals surface area contributed by atoms with Crippen LogP contribution in [0.4, 0.5) is 0 Å². The second-order valence-electron chi connectivity index (χ2n) is 6.65. The predicted octanol–water partition coefficient (Wildman–Crippen LogP) is 4.62. The summed E-state index contributed by atoms with van der Waals surface area (Å²) in [6, 6.07) is 17.3. The molecule has 0 spiro atoms. The SMILES string of the molecule is COc1ccccc1Oc1c(Cl)nc(-c2ncccn2)nc1OCCOC(=O)c1ccccc1. The van der Waals surface area contributed by atoms with Gasteiger partial charge in [-0.25, -0.2) is 19.7 Å². The Morgan fingerprint density at radius 2 is 1.56 bits per heavy atom. The number of halogens is 1. The number of aromatic nitrogens is 4. The molecule has 0 radical (unpaired) electrons. The van der Waals surface area contributed by atoms with Crippen LogP contribution < -0.4 is 14.2 Å². The van der Waals surface area contributed by atoms with Gasteiger partial charge in [0.15, 0.2) is 22.5 Å². The second-order valence-corrected chi connectivity index (χ2v) is 7.01. The Morgan fingerprint density at radius 1 is 0.853 bits per heavy atom. The van der Waals surface area contributed by atoms with E-state index in [1.165, 1.54) is 7.11 Å². The van der Waals surface area contributed by atoms with Crippen LogP contribution in [-0.4, -0.2) is 46.2 Å². The highest BCUT2D eigenvalue weighted by Crippen LogP contribution is 2.40. The van der Waals surface area contributed by atoms with Crippen LogP contribution >= 0.6 is 11.6 Å². The van der Waals surface area contributed by atoms with E-state index in [-0.39, 0.29) is 41.6 Å². The molecule has 10 heteroatoms. The Labute approximate surface area is 200 Å². The first kappa shape index (κ1) is 22.9. The summed E-state index contributed by atoms with van der Waals surface area (Å²) in [6.07, 6.45) is 3.12. The fourth-order valence-corrected chi connectivity index (χ4v) is 3.04. The van der Waals surface area contributed by atoms with Crippen molar-refractivity contribution < 1.29 is 23.7 Å². The van der Waals surface area contributed by atoms with Crippen molar-refractivity contribution in [2.75, 3.05) is 20.3 Å². The molecule has 0 unspecified atom stereocenters. The molecular weight excluding hydrogens is 460 g/mol. The average Bonchev–Trinajstić information content (AvgIpc) is 2.89. The van der Waals surface area contributed by atoms with Crippen LogP contribution in [0, 0.1) is 0 Å². The van der Waals surface area contributed by atoms with Gasteiger partial charge < -0.3 is 18.9 Å². The van der Waals surface area contributed by atoms with Gasteiger partial charge in [0.1, 0.15) is 13.2 Å². The first-order valence-corrected chi connectivity index (χ1v) is 10.5. The number of nitrogens with zero attached hydrogens (tertiary/aromatic N) is 4. The lowest BCUT2D eigenvalue weighted by molar-refractivity contribution is 0.0446. The molecule has 4 rings (SSSR count). The molecule has 0 saturated carbocycles. The number of carbonyl (C=O) groups is 1. The molecule has 0 aliphatic carbocycles. The molecule has 0 atom stereocenters. The summed E-state index contributed by atoms with van der Waals surface area (Å²) < 4.78 is 22.3. The quantitative estimate of drug-likeness (QED) is 0.193. The summed E-state index contributed by atoms with van der Waals surface area (Å²) >= 11 is 6.44. The van der Waals surface area contributed by atoms with Gasteiger partial charge in [-0.2, -0.15) is 4.98 Å². The van der Waals surface area contributed by atoms with E-state index in [1.54, 1.807) is 67.0 Å². The molecule has 9 nitrogen and oxygen atoms in total. The molecule has 2 aromatic carbocycles. The fourth-order valence-electron chi connectivity index (χ4n) is 2.85. The van der Waals surface area contributed by atoms with Crippen molar-refractivity contribution in [3.05, 3.63) is 83.8 Å². The molecule has 0 aliphatic heterocycles. The summed E-state index contributed by atoms with van der Waals surface area (Å²) in [5.41, 5.74) is 0.441. The minimum Gasteiger partial charge on any atom is -0.493 e. The monoisotopic (exact) mass is 478 g/mol. The van der Waals surface area contributed by atoms with Crippen molar-refractivity contribution in [3.8, 4) is 34.8 Å². The third-order valence-corrected chi connectivity index (χ3v) is 4.66. The lowest BCUT2D eigenvalue weighted by atomic mass is 10.2. The highest BCUT2D eigenvalue weighted by Gasteiger charge is 2.21. The number of methoxy groups -OCH3 is 1. The van der Waals surface area contributed by atoms with E-state index in [0.29, 0.717) is 17.1 Å². The zero-order valence-corrected chi connectivity index (χ0v) is 18.8. The van der Waals surface area contributed by atoms with Crippen LogP contribution in [0.25, 0.3) is 11.6 Å². The zero-order chi connectivity index (χ0) is 23.8. The molecular formula is C24H19ClN4O5. The van der Waals surface area contributed by atoms with Crippen molar-refractivity contribution in [2.45, 2.75) is 0 Å². The van der Waals surface area contributed by atoms with Gasteiger partial charge in [-0.15, -0.1) is 0 Å². The van der Waals surface area contributed by atoms with Crippen molar-refractivity contribution in [1.29, 1.82) is 0 Å². The van der Waals surface area contributed by atoms with Gasteiger partial charge in [0.2, 0.25) is 11.6 Å². The minimum atomic E-state index is -0.464. The molecule has 0 aliphatic rings. The molecule has 4 aromatic rings. The molecule has 0 N–H and O–H groups in total. The summed E-state index contributed by atoms with van der Waals surface area (Å²) in [6.45, 7) is -0.0378. The van der Waals surface area contributed by atoms with Crippen LogP contribution in [0.5, 0.6) is 23.1 Å².